The Bertz CT molecular complexity index is 1030. The molecule has 2 atom stereocenters. The number of anilines is 1. The van der Waals surface area contributed by atoms with E-state index >= 15 is 0 Å². The Balaban J connectivity index is 1.52. The summed E-state index contributed by atoms with van der Waals surface area (Å²) in [6.07, 6.45) is 4.85. The lowest BCUT2D eigenvalue weighted by molar-refractivity contribution is -0.0110. The van der Waals surface area contributed by atoms with Crippen LogP contribution in [0.25, 0.3) is 5.69 Å². The Morgan fingerprint density at radius 3 is 2.28 bits per heavy atom. The third kappa shape index (κ3) is 3.51. The van der Waals surface area contributed by atoms with Crippen LogP contribution < -0.4 is 4.90 Å². The van der Waals surface area contributed by atoms with Gasteiger partial charge < -0.3 is 4.90 Å². The smallest absolute Gasteiger partial charge is 0.177 e. The van der Waals surface area contributed by atoms with E-state index in [-0.39, 0.29) is 5.54 Å². The van der Waals surface area contributed by atoms with Crippen molar-refractivity contribution in [1.82, 2.24) is 25.1 Å². The lowest BCUT2D eigenvalue weighted by Gasteiger charge is -2.52. The van der Waals surface area contributed by atoms with Crippen molar-refractivity contribution in [3.05, 3.63) is 65.5 Å². The predicted molar refractivity (Wildman–Crippen MR) is 128 cm³/mol. The molecule has 0 bridgehead atoms. The fourth-order valence-electron chi connectivity index (χ4n) is 6.02. The number of hydrogen-bond donors (Lipinski definition) is 0. The van der Waals surface area contributed by atoms with Crippen LogP contribution in [0.4, 0.5) is 5.69 Å². The van der Waals surface area contributed by atoms with Crippen LogP contribution in [-0.2, 0) is 5.54 Å². The van der Waals surface area contributed by atoms with Gasteiger partial charge in [-0.05, 0) is 66.3 Å². The molecule has 2 aliphatic rings. The number of aryl methyl sites for hydroxylation is 2. The quantitative estimate of drug-likeness (QED) is 0.610. The largest absolute Gasteiger partial charge is 0.369 e. The second kappa shape index (κ2) is 8.66. The summed E-state index contributed by atoms with van der Waals surface area (Å²) in [4.78, 5) is 5.21. The first kappa shape index (κ1) is 21.1. The van der Waals surface area contributed by atoms with Gasteiger partial charge in [0.25, 0.3) is 0 Å². The Morgan fingerprint density at radius 1 is 0.875 bits per heavy atom. The van der Waals surface area contributed by atoms with Crippen LogP contribution in [0.2, 0.25) is 0 Å². The highest BCUT2D eigenvalue weighted by molar-refractivity contribution is 5.48. The predicted octanol–water partition coefficient (Wildman–Crippen LogP) is 4.51. The molecule has 6 nitrogen and oxygen atoms in total. The highest BCUT2D eigenvalue weighted by Gasteiger charge is 2.49. The van der Waals surface area contributed by atoms with Crippen molar-refractivity contribution in [3.8, 4) is 5.69 Å². The molecule has 0 unspecified atom stereocenters. The zero-order valence-electron chi connectivity index (χ0n) is 19.5. The Labute approximate surface area is 191 Å². The fourth-order valence-corrected chi connectivity index (χ4v) is 6.02. The minimum atomic E-state index is -0.126. The van der Waals surface area contributed by atoms with Gasteiger partial charge in [0.2, 0.25) is 0 Å². The number of benzene rings is 2. The summed E-state index contributed by atoms with van der Waals surface area (Å²) in [6, 6.07) is 17.2. The lowest BCUT2D eigenvalue weighted by atomic mass is 9.71. The average molecular weight is 431 g/mol. The van der Waals surface area contributed by atoms with Crippen LogP contribution >= 0.6 is 0 Å². The van der Waals surface area contributed by atoms with Crippen molar-refractivity contribution in [3.63, 3.8) is 0 Å². The molecule has 6 heteroatoms. The maximum absolute atomic E-state index is 4.72. The van der Waals surface area contributed by atoms with Gasteiger partial charge >= 0.3 is 0 Å². The van der Waals surface area contributed by atoms with Crippen molar-refractivity contribution < 1.29 is 0 Å². The van der Waals surface area contributed by atoms with Crippen LogP contribution in [0.15, 0.2) is 48.5 Å². The monoisotopic (exact) mass is 430 g/mol. The zero-order chi connectivity index (χ0) is 22.1. The number of piperazine rings is 1. The zero-order valence-corrected chi connectivity index (χ0v) is 19.5. The summed E-state index contributed by atoms with van der Waals surface area (Å²) in [5, 5.41) is 13.5. The number of hydrogen-bond acceptors (Lipinski definition) is 5. The molecule has 2 aromatic carbocycles. The maximum Gasteiger partial charge on any atom is 0.177 e. The third-order valence-electron chi connectivity index (χ3n) is 7.73. The van der Waals surface area contributed by atoms with Crippen LogP contribution in [0.1, 0.15) is 49.6 Å². The fraction of sp³-hybridized carbons (Fsp3) is 0.500. The van der Waals surface area contributed by atoms with E-state index in [0.29, 0.717) is 5.92 Å². The van der Waals surface area contributed by atoms with Crippen LogP contribution in [0.5, 0.6) is 0 Å². The van der Waals surface area contributed by atoms with Gasteiger partial charge in [-0.25, -0.2) is 0 Å². The van der Waals surface area contributed by atoms with Gasteiger partial charge in [0, 0.05) is 31.9 Å². The minimum Gasteiger partial charge on any atom is -0.369 e. The van der Waals surface area contributed by atoms with Gasteiger partial charge in [-0.15, -0.1) is 5.10 Å². The number of rotatable bonds is 4. The summed E-state index contributed by atoms with van der Waals surface area (Å²) in [7, 11) is 0. The molecule has 0 amide bonds. The SMILES string of the molecule is Cc1cccc(C)c1-n1nnnc1[C@]1(N2CCN(c3ccccc3)CC2)CCCC[C@H]1C. The summed E-state index contributed by atoms with van der Waals surface area (Å²) in [5.74, 6) is 1.53. The van der Waals surface area contributed by atoms with Crippen molar-refractivity contribution in [2.24, 2.45) is 5.92 Å². The molecule has 2 heterocycles. The topological polar surface area (TPSA) is 50.1 Å². The van der Waals surface area contributed by atoms with Gasteiger partial charge in [-0.2, -0.15) is 4.68 Å². The van der Waals surface area contributed by atoms with Crippen LogP contribution in [-0.4, -0.2) is 51.3 Å². The summed E-state index contributed by atoms with van der Waals surface area (Å²) >= 11 is 0. The highest BCUT2D eigenvalue weighted by Crippen LogP contribution is 2.46. The molecule has 168 valence electrons. The molecule has 0 radical (unpaired) electrons. The highest BCUT2D eigenvalue weighted by atomic mass is 15.6. The minimum absolute atomic E-state index is 0.126. The average Bonchev–Trinajstić information content (AvgIpc) is 3.30. The summed E-state index contributed by atoms with van der Waals surface area (Å²) < 4.78 is 2.05. The number of tetrazole rings is 1. The van der Waals surface area contributed by atoms with Gasteiger partial charge in [0.05, 0.1) is 11.2 Å². The molecular formula is C26H34N6. The van der Waals surface area contributed by atoms with E-state index in [1.807, 2.05) is 0 Å². The molecular weight excluding hydrogens is 396 g/mol. The Hall–Kier alpha value is -2.73. The first-order chi connectivity index (χ1) is 15.6. The standard InChI is InChI=1S/C26H34N6/c1-20-10-9-11-21(2)24(20)32-25(27-28-29-32)26(15-8-7-12-22(26)3)31-18-16-30(17-19-31)23-13-5-4-6-14-23/h4-6,9-11,13-14,22H,7-8,12,15-19H2,1-3H3/t22-,26+/m1/s1. The molecule has 1 aliphatic carbocycles. The van der Waals surface area contributed by atoms with E-state index in [0.717, 1.165) is 44.1 Å². The van der Waals surface area contributed by atoms with Gasteiger partial charge in [0.1, 0.15) is 0 Å². The normalized spacial score (nSPS) is 24.6. The number of para-hydroxylation sites is 2. The van der Waals surface area contributed by atoms with E-state index in [9.17, 15) is 0 Å². The number of nitrogens with zero attached hydrogens (tertiary/aromatic N) is 6. The second-order valence-electron chi connectivity index (χ2n) is 9.54. The second-order valence-corrected chi connectivity index (χ2v) is 9.54. The van der Waals surface area contributed by atoms with E-state index in [1.54, 1.807) is 0 Å². The molecule has 5 rings (SSSR count). The maximum atomic E-state index is 4.72. The van der Waals surface area contributed by atoms with Crippen molar-refractivity contribution >= 4 is 5.69 Å². The first-order valence-electron chi connectivity index (χ1n) is 12.0. The summed E-state index contributed by atoms with van der Waals surface area (Å²) in [6.45, 7) is 10.8. The first-order valence-corrected chi connectivity index (χ1v) is 12.0. The van der Waals surface area contributed by atoms with Gasteiger partial charge in [-0.3, -0.25) is 4.90 Å². The lowest BCUT2D eigenvalue weighted by Crippen LogP contribution is -2.60. The molecule has 1 aromatic heterocycles. The Morgan fingerprint density at radius 2 is 1.59 bits per heavy atom. The van der Waals surface area contributed by atoms with Crippen molar-refractivity contribution in [2.75, 3.05) is 31.1 Å². The molecule has 1 saturated heterocycles. The molecule has 0 N–H and O–H groups in total. The molecule has 3 aromatic rings. The molecule has 2 fully saturated rings. The molecule has 32 heavy (non-hydrogen) atoms. The third-order valence-corrected chi connectivity index (χ3v) is 7.73. The van der Waals surface area contributed by atoms with Crippen LogP contribution in [0, 0.1) is 19.8 Å². The Kier molecular flexibility index (Phi) is 5.72. The van der Waals surface area contributed by atoms with Crippen molar-refractivity contribution in [2.45, 2.75) is 52.0 Å². The summed E-state index contributed by atoms with van der Waals surface area (Å²) in [5.41, 5.74) is 4.75. The van der Waals surface area contributed by atoms with E-state index in [1.165, 1.54) is 36.1 Å². The van der Waals surface area contributed by atoms with E-state index in [4.69, 9.17) is 5.10 Å². The molecule has 0 spiro atoms. The van der Waals surface area contributed by atoms with E-state index in [2.05, 4.69) is 94.2 Å². The molecule has 1 aliphatic heterocycles. The number of aromatic nitrogens is 4. The van der Waals surface area contributed by atoms with Gasteiger partial charge in [-0.1, -0.05) is 56.2 Å². The molecule has 1 saturated carbocycles. The van der Waals surface area contributed by atoms with Gasteiger partial charge in [0.15, 0.2) is 5.82 Å². The van der Waals surface area contributed by atoms with E-state index < -0.39 is 0 Å². The van der Waals surface area contributed by atoms with Crippen molar-refractivity contribution in [1.29, 1.82) is 0 Å². The van der Waals surface area contributed by atoms with Crippen LogP contribution in [0.3, 0.4) is 0 Å².